The predicted octanol–water partition coefficient (Wildman–Crippen LogP) is 3.53. The van der Waals surface area contributed by atoms with Crippen molar-refractivity contribution in [2.45, 2.75) is 25.9 Å². The zero-order valence-electron chi connectivity index (χ0n) is 13.4. The Balaban J connectivity index is 1.67. The Labute approximate surface area is 158 Å². The molecule has 0 saturated heterocycles. The zero-order chi connectivity index (χ0) is 17.8. The molecule has 9 heteroatoms. The fraction of sp³-hybridized carbons (Fsp3) is 0.250. The highest BCUT2D eigenvalue weighted by Crippen LogP contribution is 2.16. The number of carbonyl (C=O) groups excluding carboxylic acids is 1. The molecule has 130 valence electrons. The molecule has 0 fully saturated rings. The molecule has 1 N–H and O–H groups in total. The first-order valence-corrected chi connectivity index (χ1v) is 8.86. The van der Waals surface area contributed by atoms with E-state index >= 15 is 0 Å². The van der Waals surface area contributed by atoms with Crippen LogP contribution in [0.2, 0.25) is 5.02 Å². The van der Waals surface area contributed by atoms with Crippen molar-refractivity contribution in [3.8, 4) is 0 Å². The van der Waals surface area contributed by atoms with Crippen LogP contribution in [0.3, 0.4) is 0 Å². The molecular weight excluding hydrogens is 408 g/mol. The van der Waals surface area contributed by atoms with E-state index in [4.69, 9.17) is 11.6 Å². The molecule has 3 rings (SSSR count). The summed E-state index contributed by atoms with van der Waals surface area (Å²) in [5, 5.41) is 11.9. The van der Waals surface area contributed by atoms with E-state index in [1.165, 1.54) is 0 Å². The lowest BCUT2D eigenvalue weighted by atomic mass is 10.2. The third kappa shape index (κ3) is 4.46. The maximum Gasteiger partial charge on any atom is 0.251 e. The SMILES string of the molecule is CCC(C(=O)Nc1ncn(Cc2cccc(Cl)c2)n1)n1cc(Br)cn1. The molecule has 7 nitrogen and oxygen atoms in total. The van der Waals surface area contributed by atoms with Gasteiger partial charge in [-0.05, 0) is 40.0 Å². The monoisotopic (exact) mass is 422 g/mol. The smallest absolute Gasteiger partial charge is 0.251 e. The molecule has 1 aromatic carbocycles. The van der Waals surface area contributed by atoms with E-state index < -0.39 is 6.04 Å². The fourth-order valence-electron chi connectivity index (χ4n) is 2.42. The maximum atomic E-state index is 12.5. The molecule has 0 aliphatic rings. The van der Waals surface area contributed by atoms with Crippen LogP contribution >= 0.6 is 27.5 Å². The Morgan fingerprint density at radius 2 is 2.28 bits per heavy atom. The lowest BCUT2D eigenvalue weighted by Crippen LogP contribution is -2.26. The van der Waals surface area contributed by atoms with Gasteiger partial charge in [0.25, 0.3) is 5.91 Å². The summed E-state index contributed by atoms with van der Waals surface area (Å²) < 4.78 is 4.08. The first kappa shape index (κ1) is 17.6. The van der Waals surface area contributed by atoms with E-state index in [1.807, 2.05) is 31.2 Å². The van der Waals surface area contributed by atoms with Crippen molar-refractivity contribution in [2.24, 2.45) is 0 Å². The van der Waals surface area contributed by atoms with Gasteiger partial charge in [0.05, 0.1) is 17.2 Å². The summed E-state index contributed by atoms with van der Waals surface area (Å²) in [6.07, 6.45) is 5.58. The Morgan fingerprint density at radius 1 is 1.44 bits per heavy atom. The van der Waals surface area contributed by atoms with Crippen molar-refractivity contribution >= 4 is 39.4 Å². The number of carbonyl (C=O) groups is 1. The minimum absolute atomic E-state index is 0.210. The predicted molar refractivity (Wildman–Crippen MR) is 98.5 cm³/mol. The van der Waals surface area contributed by atoms with Crippen LogP contribution in [0.25, 0.3) is 0 Å². The summed E-state index contributed by atoms with van der Waals surface area (Å²) in [4.78, 5) is 16.6. The third-order valence-corrected chi connectivity index (χ3v) is 4.23. The summed E-state index contributed by atoms with van der Waals surface area (Å²) in [7, 11) is 0. The number of hydrogen-bond donors (Lipinski definition) is 1. The van der Waals surface area contributed by atoms with E-state index in [9.17, 15) is 4.79 Å². The van der Waals surface area contributed by atoms with Gasteiger partial charge in [-0.25, -0.2) is 9.67 Å². The van der Waals surface area contributed by atoms with E-state index in [0.29, 0.717) is 18.0 Å². The molecule has 0 aliphatic heterocycles. The number of rotatable bonds is 6. The van der Waals surface area contributed by atoms with E-state index in [0.717, 1.165) is 10.0 Å². The number of anilines is 1. The Morgan fingerprint density at radius 3 is 2.96 bits per heavy atom. The third-order valence-electron chi connectivity index (χ3n) is 3.58. The average Bonchev–Trinajstić information content (AvgIpc) is 3.17. The molecule has 2 aromatic heterocycles. The number of aromatic nitrogens is 5. The van der Waals surface area contributed by atoms with Gasteiger partial charge in [-0.15, -0.1) is 5.10 Å². The standard InChI is InChI=1S/C16H16BrClN6O/c1-2-14(24-9-12(17)7-20-24)15(25)21-16-19-10-23(22-16)8-11-4-3-5-13(18)6-11/h3-7,9-10,14H,2,8H2,1H3,(H,21,22,25). The Bertz CT molecular complexity index is 877. The summed E-state index contributed by atoms with van der Waals surface area (Å²) >= 11 is 9.32. The van der Waals surface area contributed by atoms with Crippen LogP contribution in [0.4, 0.5) is 5.95 Å². The second kappa shape index (κ2) is 7.79. The van der Waals surface area contributed by atoms with Crippen molar-refractivity contribution < 1.29 is 4.79 Å². The second-order valence-electron chi connectivity index (χ2n) is 5.45. The molecule has 1 unspecified atom stereocenters. The highest BCUT2D eigenvalue weighted by atomic mass is 79.9. The zero-order valence-corrected chi connectivity index (χ0v) is 15.8. The molecule has 0 aliphatic carbocycles. The van der Waals surface area contributed by atoms with Crippen molar-refractivity contribution in [3.63, 3.8) is 0 Å². The molecule has 1 amide bonds. The van der Waals surface area contributed by atoms with Crippen molar-refractivity contribution in [2.75, 3.05) is 5.32 Å². The van der Waals surface area contributed by atoms with Gasteiger partial charge in [-0.3, -0.25) is 14.8 Å². The minimum Gasteiger partial charge on any atom is -0.291 e. The van der Waals surface area contributed by atoms with Crippen molar-refractivity contribution in [3.05, 3.63) is 58.0 Å². The topological polar surface area (TPSA) is 77.6 Å². The number of hydrogen-bond acceptors (Lipinski definition) is 4. The van der Waals surface area contributed by atoms with Gasteiger partial charge in [-0.1, -0.05) is 30.7 Å². The molecule has 3 aromatic rings. The first-order valence-electron chi connectivity index (χ1n) is 7.69. The number of nitrogens with zero attached hydrogens (tertiary/aromatic N) is 5. The van der Waals surface area contributed by atoms with Crippen LogP contribution in [0, 0.1) is 0 Å². The summed E-state index contributed by atoms with van der Waals surface area (Å²) in [6.45, 7) is 2.44. The summed E-state index contributed by atoms with van der Waals surface area (Å²) in [6, 6.07) is 7.09. The largest absolute Gasteiger partial charge is 0.291 e. The molecule has 25 heavy (non-hydrogen) atoms. The van der Waals surface area contributed by atoms with Gasteiger partial charge in [0.15, 0.2) is 0 Å². The fourth-order valence-corrected chi connectivity index (χ4v) is 2.94. The second-order valence-corrected chi connectivity index (χ2v) is 6.80. The molecule has 1 atom stereocenters. The summed E-state index contributed by atoms with van der Waals surface area (Å²) in [5.74, 6) is 0.0512. The van der Waals surface area contributed by atoms with Gasteiger partial charge < -0.3 is 0 Å². The van der Waals surface area contributed by atoms with Crippen LogP contribution in [0.1, 0.15) is 24.9 Å². The molecular formula is C16H16BrClN6O. The van der Waals surface area contributed by atoms with Crippen LogP contribution < -0.4 is 5.32 Å². The van der Waals surface area contributed by atoms with Gasteiger partial charge in [-0.2, -0.15) is 5.10 Å². The molecule has 0 radical (unpaired) electrons. The number of halogens is 2. The van der Waals surface area contributed by atoms with E-state index in [1.54, 1.807) is 28.1 Å². The first-order chi connectivity index (χ1) is 12.0. The van der Waals surface area contributed by atoms with Gasteiger partial charge >= 0.3 is 0 Å². The van der Waals surface area contributed by atoms with Gasteiger partial charge in [0.2, 0.25) is 5.95 Å². The maximum absolute atomic E-state index is 12.5. The van der Waals surface area contributed by atoms with E-state index in [2.05, 4.69) is 36.4 Å². The quantitative estimate of drug-likeness (QED) is 0.658. The highest BCUT2D eigenvalue weighted by molar-refractivity contribution is 9.10. The van der Waals surface area contributed by atoms with Crippen LogP contribution in [0.15, 0.2) is 47.5 Å². The van der Waals surface area contributed by atoms with Crippen LogP contribution in [0.5, 0.6) is 0 Å². The normalized spacial score (nSPS) is 12.1. The van der Waals surface area contributed by atoms with Crippen LogP contribution in [-0.2, 0) is 11.3 Å². The van der Waals surface area contributed by atoms with Gasteiger partial charge in [0.1, 0.15) is 12.4 Å². The molecule has 0 spiro atoms. The van der Waals surface area contributed by atoms with Crippen LogP contribution in [-0.4, -0.2) is 30.5 Å². The lowest BCUT2D eigenvalue weighted by molar-refractivity contribution is -0.119. The number of benzene rings is 1. The Hall–Kier alpha value is -2.19. The molecule has 0 bridgehead atoms. The molecule has 0 saturated carbocycles. The van der Waals surface area contributed by atoms with Crippen molar-refractivity contribution in [1.82, 2.24) is 24.5 Å². The number of nitrogens with one attached hydrogen (secondary N) is 1. The number of amides is 1. The summed E-state index contributed by atoms with van der Waals surface area (Å²) in [5.41, 5.74) is 1.00. The minimum atomic E-state index is -0.425. The lowest BCUT2D eigenvalue weighted by Gasteiger charge is -2.13. The van der Waals surface area contributed by atoms with Crippen molar-refractivity contribution in [1.29, 1.82) is 0 Å². The van der Waals surface area contributed by atoms with E-state index in [-0.39, 0.29) is 11.9 Å². The molecule has 2 heterocycles. The Kier molecular flexibility index (Phi) is 5.50. The average molecular weight is 424 g/mol. The van der Waals surface area contributed by atoms with Gasteiger partial charge in [0, 0.05) is 11.2 Å². The highest BCUT2D eigenvalue weighted by Gasteiger charge is 2.20.